The van der Waals surface area contributed by atoms with Crippen LogP contribution in [0.1, 0.15) is 5.56 Å². The van der Waals surface area contributed by atoms with Crippen molar-refractivity contribution in [2.45, 2.75) is 6.92 Å². The molecule has 0 saturated heterocycles. The van der Waals surface area contributed by atoms with Crippen LogP contribution in [0.15, 0.2) is 51.9 Å². The summed E-state index contributed by atoms with van der Waals surface area (Å²) in [6.45, 7) is 1.86. The van der Waals surface area contributed by atoms with Crippen LogP contribution in [0.4, 0.5) is 0 Å². The molecule has 0 aliphatic rings. The second-order valence-corrected chi connectivity index (χ2v) is 5.14. The molecule has 0 aliphatic heterocycles. The Morgan fingerprint density at radius 2 is 1.86 bits per heavy atom. The quantitative estimate of drug-likeness (QED) is 0.703. The van der Waals surface area contributed by atoms with Crippen LogP contribution in [0.2, 0.25) is 5.02 Å². The van der Waals surface area contributed by atoms with Crippen molar-refractivity contribution in [3.63, 3.8) is 0 Å². The van der Waals surface area contributed by atoms with Crippen LogP contribution in [-0.2, 0) is 0 Å². The number of hydrogen-bond acceptors (Lipinski definition) is 3. The molecule has 0 radical (unpaired) electrons. The highest BCUT2D eigenvalue weighted by Crippen LogP contribution is 2.30. The van der Waals surface area contributed by atoms with Gasteiger partial charge in [0, 0.05) is 16.1 Å². The smallest absolute Gasteiger partial charge is 0.200 e. The van der Waals surface area contributed by atoms with E-state index in [4.69, 9.17) is 20.8 Å². The third-order valence-electron chi connectivity index (χ3n) is 3.52. The van der Waals surface area contributed by atoms with Gasteiger partial charge in [-0.05, 0) is 25.1 Å². The van der Waals surface area contributed by atoms with Gasteiger partial charge in [0.1, 0.15) is 17.6 Å². The molecule has 4 heteroatoms. The summed E-state index contributed by atoms with van der Waals surface area (Å²) in [4.78, 5) is 12.7. The molecule has 21 heavy (non-hydrogen) atoms. The van der Waals surface area contributed by atoms with Crippen LogP contribution in [0.25, 0.3) is 22.1 Å². The number of hydrogen-bond donors (Lipinski definition) is 0. The van der Waals surface area contributed by atoms with E-state index in [9.17, 15) is 4.79 Å². The molecular weight excluding hydrogens is 288 g/mol. The molecule has 3 nitrogen and oxygen atoms in total. The molecule has 106 valence electrons. The normalized spacial score (nSPS) is 10.8. The van der Waals surface area contributed by atoms with Gasteiger partial charge >= 0.3 is 0 Å². The fourth-order valence-electron chi connectivity index (χ4n) is 2.41. The van der Waals surface area contributed by atoms with E-state index in [1.165, 1.54) is 6.26 Å². The minimum atomic E-state index is -0.102. The van der Waals surface area contributed by atoms with E-state index < -0.39 is 0 Å². The van der Waals surface area contributed by atoms with E-state index in [-0.39, 0.29) is 5.43 Å². The Bertz CT molecular complexity index is 881. The molecule has 3 aromatic rings. The molecule has 0 bridgehead atoms. The molecule has 0 atom stereocenters. The Morgan fingerprint density at radius 1 is 1.10 bits per heavy atom. The van der Waals surface area contributed by atoms with Gasteiger partial charge in [-0.3, -0.25) is 4.79 Å². The average Bonchev–Trinajstić information content (AvgIpc) is 2.49. The van der Waals surface area contributed by atoms with Gasteiger partial charge in [-0.25, -0.2) is 0 Å². The first kappa shape index (κ1) is 13.7. The Morgan fingerprint density at radius 3 is 2.57 bits per heavy atom. The standard InChI is InChI=1S/C17H13ClO3/c1-10-15(20-2)8-7-12-16(19)13(9-21-17(10)12)11-5-3-4-6-14(11)18/h3-9H,1-2H3. The van der Waals surface area contributed by atoms with E-state index in [2.05, 4.69) is 0 Å². The van der Waals surface area contributed by atoms with Gasteiger partial charge < -0.3 is 9.15 Å². The van der Waals surface area contributed by atoms with Gasteiger partial charge in [0.2, 0.25) is 5.43 Å². The molecule has 0 saturated carbocycles. The zero-order valence-corrected chi connectivity index (χ0v) is 12.4. The van der Waals surface area contributed by atoms with Gasteiger partial charge in [0.25, 0.3) is 0 Å². The lowest BCUT2D eigenvalue weighted by Crippen LogP contribution is -2.06. The van der Waals surface area contributed by atoms with Crippen LogP contribution < -0.4 is 10.2 Å². The van der Waals surface area contributed by atoms with E-state index >= 15 is 0 Å². The lowest BCUT2D eigenvalue weighted by molar-refractivity contribution is 0.411. The van der Waals surface area contributed by atoms with Crippen LogP contribution in [0.5, 0.6) is 5.75 Å². The van der Waals surface area contributed by atoms with Crippen molar-refractivity contribution < 1.29 is 9.15 Å². The van der Waals surface area contributed by atoms with Gasteiger partial charge in [-0.15, -0.1) is 0 Å². The van der Waals surface area contributed by atoms with Gasteiger partial charge in [-0.1, -0.05) is 29.8 Å². The molecule has 0 fully saturated rings. The third kappa shape index (κ3) is 2.20. The number of benzene rings is 2. The summed E-state index contributed by atoms with van der Waals surface area (Å²) in [5.74, 6) is 0.691. The van der Waals surface area contributed by atoms with Gasteiger partial charge in [0.15, 0.2) is 0 Å². The average molecular weight is 301 g/mol. The number of ether oxygens (including phenoxy) is 1. The highest BCUT2D eigenvalue weighted by Gasteiger charge is 2.14. The van der Waals surface area contributed by atoms with E-state index in [0.29, 0.717) is 32.9 Å². The molecular formula is C17H13ClO3. The molecule has 0 N–H and O–H groups in total. The van der Waals surface area contributed by atoms with Crippen LogP contribution in [-0.4, -0.2) is 7.11 Å². The van der Waals surface area contributed by atoms with Crippen molar-refractivity contribution in [1.29, 1.82) is 0 Å². The number of rotatable bonds is 2. The minimum absolute atomic E-state index is 0.102. The second-order valence-electron chi connectivity index (χ2n) is 4.73. The summed E-state index contributed by atoms with van der Waals surface area (Å²) in [6.07, 6.45) is 1.46. The number of methoxy groups -OCH3 is 1. The summed E-state index contributed by atoms with van der Waals surface area (Å²) in [5, 5.41) is 1.04. The summed E-state index contributed by atoms with van der Waals surface area (Å²) >= 11 is 6.16. The summed E-state index contributed by atoms with van der Waals surface area (Å²) in [5.41, 5.74) is 2.36. The van der Waals surface area contributed by atoms with Crippen LogP contribution in [0, 0.1) is 6.92 Å². The molecule has 0 amide bonds. The maximum atomic E-state index is 12.7. The van der Waals surface area contributed by atoms with Crippen molar-refractivity contribution >= 4 is 22.6 Å². The fraction of sp³-hybridized carbons (Fsp3) is 0.118. The monoisotopic (exact) mass is 300 g/mol. The summed E-state index contributed by atoms with van der Waals surface area (Å²) in [7, 11) is 1.59. The van der Waals surface area contributed by atoms with Crippen molar-refractivity contribution in [2.75, 3.05) is 7.11 Å². The molecule has 0 unspecified atom stereocenters. The van der Waals surface area contributed by atoms with Gasteiger partial charge in [0.05, 0.1) is 18.1 Å². The molecule has 3 rings (SSSR count). The Kier molecular flexibility index (Phi) is 3.43. The fourth-order valence-corrected chi connectivity index (χ4v) is 2.64. The summed E-state index contributed by atoms with van der Waals surface area (Å²) in [6, 6.07) is 10.7. The zero-order chi connectivity index (χ0) is 15.0. The lowest BCUT2D eigenvalue weighted by atomic mass is 10.0. The number of aryl methyl sites for hydroxylation is 1. The molecule has 1 aromatic heterocycles. The Hall–Kier alpha value is -2.26. The minimum Gasteiger partial charge on any atom is -0.496 e. The molecule has 0 spiro atoms. The first-order valence-corrected chi connectivity index (χ1v) is 6.85. The van der Waals surface area contributed by atoms with Crippen molar-refractivity contribution in [1.82, 2.24) is 0 Å². The first-order chi connectivity index (χ1) is 10.1. The largest absolute Gasteiger partial charge is 0.496 e. The van der Waals surface area contributed by atoms with E-state index in [0.717, 1.165) is 5.56 Å². The highest BCUT2D eigenvalue weighted by molar-refractivity contribution is 6.33. The van der Waals surface area contributed by atoms with Crippen molar-refractivity contribution in [3.8, 4) is 16.9 Å². The third-order valence-corrected chi connectivity index (χ3v) is 3.85. The van der Waals surface area contributed by atoms with Crippen molar-refractivity contribution in [3.05, 3.63) is 63.5 Å². The number of fused-ring (bicyclic) bond motifs is 1. The van der Waals surface area contributed by atoms with Crippen LogP contribution >= 0.6 is 11.6 Å². The Balaban J connectivity index is 2.32. The topological polar surface area (TPSA) is 39.4 Å². The summed E-state index contributed by atoms with van der Waals surface area (Å²) < 4.78 is 10.9. The molecule has 0 aliphatic carbocycles. The van der Waals surface area contributed by atoms with Gasteiger partial charge in [-0.2, -0.15) is 0 Å². The van der Waals surface area contributed by atoms with E-state index in [1.807, 2.05) is 19.1 Å². The first-order valence-electron chi connectivity index (χ1n) is 6.47. The maximum absolute atomic E-state index is 12.7. The zero-order valence-electron chi connectivity index (χ0n) is 11.6. The molecule has 1 heterocycles. The number of halogens is 1. The second kappa shape index (κ2) is 5.26. The predicted molar refractivity (Wildman–Crippen MR) is 84.2 cm³/mol. The predicted octanol–water partition coefficient (Wildman–Crippen LogP) is 4.43. The molecule has 2 aromatic carbocycles. The maximum Gasteiger partial charge on any atom is 0.200 e. The van der Waals surface area contributed by atoms with E-state index in [1.54, 1.807) is 31.4 Å². The SMILES string of the molecule is COc1ccc2c(=O)c(-c3ccccc3Cl)coc2c1C. The van der Waals surface area contributed by atoms with Crippen molar-refractivity contribution in [2.24, 2.45) is 0 Å². The highest BCUT2D eigenvalue weighted by atomic mass is 35.5. The van der Waals surface area contributed by atoms with Crippen LogP contribution in [0.3, 0.4) is 0 Å². The lowest BCUT2D eigenvalue weighted by Gasteiger charge is -2.09. The Labute approximate surface area is 126 Å².